The van der Waals surface area contributed by atoms with E-state index < -0.39 is 10.8 Å². The molecule has 0 fully saturated rings. The fourth-order valence-electron chi connectivity index (χ4n) is 1.79. The van der Waals surface area contributed by atoms with Gasteiger partial charge in [0.2, 0.25) is 0 Å². The van der Waals surface area contributed by atoms with Gasteiger partial charge in [-0.3, -0.25) is 9.00 Å². The summed E-state index contributed by atoms with van der Waals surface area (Å²) in [6, 6.07) is 9.17. The van der Waals surface area contributed by atoms with Gasteiger partial charge in [-0.25, -0.2) is 0 Å². The van der Waals surface area contributed by atoms with Gasteiger partial charge in [0.25, 0.3) is 0 Å². The smallest absolute Gasteiger partial charge is 0.178 e. The number of benzene rings is 1. The molecule has 1 aromatic rings. The Morgan fingerprint density at radius 3 is 2.28 bits per heavy atom. The third-order valence-electron chi connectivity index (χ3n) is 3.18. The molecule has 0 amide bonds. The van der Waals surface area contributed by atoms with E-state index in [0.29, 0.717) is 23.7 Å². The number of hydrogen-bond acceptors (Lipinski definition) is 2. The predicted octanol–water partition coefficient (Wildman–Crippen LogP) is 3.44. The van der Waals surface area contributed by atoms with Gasteiger partial charge in [0.1, 0.15) is 0 Å². The van der Waals surface area contributed by atoms with Gasteiger partial charge in [-0.1, -0.05) is 57.5 Å². The fourth-order valence-corrected chi connectivity index (χ4v) is 3.57. The van der Waals surface area contributed by atoms with E-state index >= 15 is 0 Å². The van der Waals surface area contributed by atoms with Crippen molar-refractivity contribution in [3.63, 3.8) is 0 Å². The average molecular weight is 266 g/mol. The highest BCUT2D eigenvalue weighted by atomic mass is 32.2. The summed E-state index contributed by atoms with van der Waals surface area (Å²) in [6.45, 7) is 6.10. The molecule has 0 N–H and O–H groups in total. The number of carbonyl (C=O) groups is 1. The molecular formula is C15H22O2S. The SMILES string of the molecule is CCC(C)CS(=O)C(CC)C(=O)c1ccccc1. The summed E-state index contributed by atoms with van der Waals surface area (Å²) >= 11 is 0. The van der Waals surface area contributed by atoms with E-state index in [2.05, 4.69) is 13.8 Å². The highest BCUT2D eigenvalue weighted by Crippen LogP contribution is 2.14. The Labute approximate surface area is 112 Å². The van der Waals surface area contributed by atoms with Crippen LogP contribution in [0.25, 0.3) is 0 Å². The van der Waals surface area contributed by atoms with Crippen LogP contribution in [0.2, 0.25) is 0 Å². The molecule has 3 heteroatoms. The Kier molecular flexibility index (Phi) is 6.27. The summed E-state index contributed by atoms with van der Waals surface area (Å²) in [5, 5.41) is -0.360. The highest BCUT2D eigenvalue weighted by Gasteiger charge is 2.25. The van der Waals surface area contributed by atoms with E-state index in [1.54, 1.807) is 12.1 Å². The Morgan fingerprint density at radius 2 is 1.78 bits per heavy atom. The molecule has 100 valence electrons. The Hall–Kier alpha value is -0.960. The number of Topliss-reactive ketones (excluding diaryl/α,β-unsaturated/α-hetero) is 1. The third kappa shape index (κ3) is 4.05. The summed E-state index contributed by atoms with van der Waals surface area (Å²) < 4.78 is 12.2. The highest BCUT2D eigenvalue weighted by molar-refractivity contribution is 7.86. The van der Waals surface area contributed by atoms with Crippen LogP contribution in [0.5, 0.6) is 0 Å². The quantitative estimate of drug-likeness (QED) is 0.708. The van der Waals surface area contributed by atoms with Crippen molar-refractivity contribution in [2.75, 3.05) is 5.75 Å². The molecule has 2 nitrogen and oxygen atoms in total. The largest absolute Gasteiger partial charge is 0.293 e. The van der Waals surface area contributed by atoms with Crippen molar-refractivity contribution in [2.45, 2.75) is 38.9 Å². The maximum absolute atomic E-state index is 12.3. The van der Waals surface area contributed by atoms with Crippen molar-refractivity contribution in [3.05, 3.63) is 35.9 Å². The zero-order valence-electron chi connectivity index (χ0n) is 11.4. The fraction of sp³-hybridized carbons (Fsp3) is 0.533. The van der Waals surface area contributed by atoms with Gasteiger partial charge in [-0.05, 0) is 12.3 Å². The van der Waals surface area contributed by atoms with E-state index in [9.17, 15) is 9.00 Å². The first-order valence-corrected chi connectivity index (χ1v) is 7.94. The van der Waals surface area contributed by atoms with Crippen LogP contribution in [0, 0.1) is 5.92 Å². The minimum Gasteiger partial charge on any atom is -0.293 e. The van der Waals surface area contributed by atoms with Crippen molar-refractivity contribution >= 4 is 16.6 Å². The van der Waals surface area contributed by atoms with Crippen molar-refractivity contribution in [1.29, 1.82) is 0 Å². The monoisotopic (exact) mass is 266 g/mol. The summed E-state index contributed by atoms with van der Waals surface area (Å²) in [5.74, 6) is 1.04. The van der Waals surface area contributed by atoms with Gasteiger partial charge < -0.3 is 0 Å². The molecule has 0 spiro atoms. The lowest BCUT2D eigenvalue weighted by Gasteiger charge is -2.16. The minimum absolute atomic E-state index is 0.0136. The molecule has 0 heterocycles. The molecule has 3 unspecified atom stereocenters. The van der Waals surface area contributed by atoms with Crippen molar-refractivity contribution in [3.8, 4) is 0 Å². The van der Waals surface area contributed by atoms with Crippen LogP contribution in [0.1, 0.15) is 44.0 Å². The molecular weight excluding hydrogens is 244 g/mol. The number of ketones is 1. The van der Waals surface area contributed by atoms with Crippen molar-refractivity contribution in [2.24, 2.45) is 5.92 Å². The molecule has 18 heavy (non-hydrogen) atoms. The topological polar surface area (TPSA) is 34.1 Å². The second-order valence-corrected chi connectivity index (χ2v) is 6.35. The third-order valence-corrected chi connectivity index (χ3v) is 5.26. The first-order valence-electron chi connectivity index (χ1n) is 6.56. The Morgan fingerprint density at radius 1 is 1.17 bits per heavy atom. The predicted molar refractivity (Wildman–Crippen MR) is 77.3 cm³/mol. The van der Waals surface area contributed by atoms with Crippen molar-refractivity contribution in [1.82, 2.24) is 0 Å². The van der Waals surface area contributed by atoms with E-state index in [-0.39, 0.29) is 11.0 Å². The molecule has 0 aliphatic heterocycles. The van der Waals surface area contributed by atoms with Gasteiger partial charge in [-0.2, -0.15) is 0 Å². The summed E-state index contributed by atoms with van der Waals surface area (Å²) in [7, 11) is -1.07. The van der Waals surface area contributed by atoms with Gasteiger partial charge in [0.15, 0.2) is 5.78 Å². The van der Waals surface area contributed by atoms with Crippen LogP contribution in [0.4, 0.5) is 0 Å². The number of hydrogen-bond donors (Lipinski definition) is 0. The Balaban J connectivity index is 2.77. The van der Waals surface area contributed by atoms with Crippen LogP contribution in [-0.4, -0.2) is 21.0 Å². The van der Waals surface area contributed by atoms with Gasteiger partial charge in [0.05, 0.1) is 5.25 Å². The summed E-state index contributed by atoms with van der Waals surface area (Å²) in [5.41, 5.74) is 0.668. The lowest BCUT2D eigenvalue weighted by Crippen LogP contribution is -2.28. The average Bonchev–Trinajstić information content (AvgIpc) is 2.40. The normalized spacial score (nSPS) is 15.9. The molecule has 0 aromatic heterocycles. The van der Waals surface area contributed by atoms with Crippen LogP contribution < -0.4 is 0 Å². The molecule has 0 saturated carbocycles. The first-order chi connectivity index (χ1) is 8.60. The van der Waals surface area contributed by atoms with E-state index in [0.717, 1.165) is 6.42 Å². The molecule has 1 aromatic carbocycles. The molecule has 0 saturated heterocycles. The van der Waals surface area contributed by atoms with Gasteiger partial charge in [-0.15, -0.1) is 0 Å². The van der Waals surface area contributed by atoms with E-state index in [1.165, 1.54) is 0 Å². The summed E-state index contributed by atoms with van der Waals surface area (Å²) in [4.78, 5) is 12.3. The van der Waals surface area contributed by atoms with Gasteiger partial charge in [0, 0.05) is 22.1 Å². The molecule has 0 aliphatic rings. The van der Waals surface area contributed by atoms with Crippen LogP contribution in [0.15, 0.2) is 30.3 Å². The number of rotatable bonds is 7. The summed E-state index contributed by atoms with van der Waals surface area (Å²) in [6.07, 6.45) is 1.64. The van der Waals surface area contributed by atoms with Crippen LogP contribution in [-0.2, 0) is 10.8 Å². The lowest BCUT2D eigenvalue weighted by molar-refractivity contribution is 0.0986. The van der Waals surface area contributed by atoms with Crippen LogP contribution >= 0.6 is 0 Å². The number of carbonyl (C=O) groups excluding carboxylic acids is 1. The molecule has 0 aliphatic carbocycles. The zero-order valence-corrected chi connectivity index (χ0v) is 12.2. The van der Waals surface area contributed by atoms with Gasteiger partial charge >= 0.3 is 0 Å². The van der Waals surface area contributed by atoms with Crippen molar-refractivity contribution < 1.29 is 9.00 Å². The standard InChI is InChI=1S/C15H22O2S/c1-4-12(3)11-18(17)14(5-2)15(16)13-9-7-6-8-10-13/h6-10,12,14H,4-5,11H2,1-3H3. The molecule has 1 rings (SSSR count). The molecule has 0 bridgehead atoms. The molecule has 3 atom stereocenters. The Bertz CT molecular complexity index is 400. The zero-order chi connectivity index (χ0) is 13.5. The van der Waals surface area contributed by atoms with E-state index in [1.807, 2.05) is 25.1 Å². The second kappa shape index (κ2) is 7.47. The first kappa shape index (κ1) is 15.1. The van der Waals surface area contributed by atoms with Crippen LogP contribution in [0.3, 0.4) is 0 Å². The maximum atomic E-state index is 12.3. The maximum Gasteiger partial charge on any atom is 0.178 e. The molecule has 0 radical (unpaired) electrons. The lowest BCUT2D eigenvalue weighted by atomic mass is 10.1. The second-order valence-electron chi connectivity index (χ2n) is 4.69. The minimum atomic E-state index is -1.07. The van der Waals surface area contributed by atoms with E-state index in [4.69, 9.17) is 0 Å².